The number of nitrogens with one attached hydrogen (secondary N) is 1. The molecule has 1 N–H and O–H groups in total. The second kappa shape index (κ2) is 7.45. The lowest BCUT2D eigenvalue weighted by Gasteiger charge is -2.27. The van der Waals surface area contributed by atoms with Crippen molar-refractivity contribution in [1.29, 1.82) is 0 Å². The highest BCUT2D eigenvalue weighted by Crippen LogP contribution is 2.17. The zero-order chi connectivity index (χ0) is 17.9. The highest BCUT2D eigenvalue weighted by atomic mass is 32.2. The average molecular weight is 364 g/mol. The van der Waals surface area contributed by atoms with E-state index in [9.17, 15) is 12.8 Å². The van der Waals surface area contributed by atoms with Gasteiger partial charge in [-0.05, 0) is 50.5 Å². The third-order valence-corrected chi connectivity index (χ3v) is 5.48. The molecule has 1 aliphatic rings. The summed E-state index contributed by atoms with van der Waals surface area (Å²) in [5, 5.41) is 0. The van der Waals surface area contributed by atoms with Crippen molar-refractivity contribution in [2.45, 2.75) is 37.6 Å². The van der Waals surface area contributed by atoms with Gasteiger partial charge in [-0.15, -0.1) is 0 Å². The highest BCUT2D eigenvalue weighted by molar-refractivity contribution is 7.89. The van der Waals surface area contributed by atoms with Gasteiger partial charge < -0.3 is 4.90 Å². The zero-order valence-corrected chi connectivity index (χ0v) is 14.9. The number of anilines is 1. The van der Waals surface area contributed by atoms with E-state index in [0.29, 0.717) is 11.6 Å². The average Bonchev–Trinajstić information content (AvgIpc) is 2.60. The van der Waals surface area contributed by atoms with Gasteiger partial charge in [0.15, 0.2) is 0 Å². The first kappa shape index (κ1) is 17.8. The number of hydrogen-bond acceptors (Lipinski definition) is 5. The van der Waals surface area contributed by atoms with Crippen LogP contribution in [0.2, 0.25) is 0 Å². The largest absolute Gasteiger partial charge is 0.341 e. The fraction of sp³-hybridized carbons (Fsp3) is 0.412. The Balaban J connectivity index is 1.75. The highest BCUT2D eigenvalue weighted by Gasteiger charge is 2.17. The van der Waals surface area contributed by atoms with E-state index in [4.69, 9.17) is 0 Å². The van der Waals surface area contributed by atoms with Crippen LogP contribution in [0.3, 0.4) is 0 Å². The van der Waals surface area contributed by atoms with Crippen molar-refractivity contribution in [1.82, 2.24) is 14.7 Å². The summed E-state index contributed by atoms with van der Waals surface area (Å²) in [4.78, 5) is 11.0. The lowest BCUT2D eigenvalue weighted by atomic mass is 10.1. The molecule has 1 saturated heterocycles. The van der Waals surface area contributed by atoms with Crippen molar-refractivity contribution in [2.75, 3.05) is 18.0 Å². The number of piperidine rings is 1. The van der Waals surface area contributed by atoms with Gasteiger partial charge in [0.25, 0.3) is 0 Å². The number of sulfonamides is 1. The molecule has 0 aliphatic carbocycles. The lowest BCUT2D eigenvalue weighted by Crippen LogP contribution is -2.32. The maximum atomic E-state index is 13.3. The molecule has 2 heterocycles. The molecule has 1 aromatic carbocycles. The molecule has 2 aromatic rings. The van der Waals surface area contributed by atoms with Gasteiger partial charge in [-0.1, -0.05) is 6.07 Å². The summed E-state index contributed by atoms with van der Waals surface area (Å²) in [5.41, 5.74) is 1.38. The number of hydrogen-bond donors (Lipinski definition) is 1. The Labute approximate surface area is 147 Å². The zero-order valence-electron chi connectivity index (χ0n) is 14.1. The van der Waals surface area contributed by atoms with Crippen molar-refractivity contribution < 1.29 is 12.8 Å². The van der Waals surface area contributed by atoms with E-state index in [2.05, 4.69) is 19.6 Å². The molecule has 0 radical (unpaired) electrons. The monoisotopic (exact) mass is 364 g/mol. The van der Waals surface area contributed by atoms with Crippen molar-refractivity contribution in [3.8, 4) is 0 Å². The maximum absolute atomic E-state index is 13.3. The van der Waals surface area contributed by atoms with Crippen LogP contribution in [-0.4, -0.2) is 31.5 Å². The maximum Gasteiger partial charge on any atom is 0.241 e. The van der Waals surface area contributed by atoms with Gasteiger partial charge >= 0.3 is 0 Å². The van der Waals surface area contributed by atoms with Crippen LogP contribution in [-0.2, 0) is 16.6 Å². The fourth-order valence-electron chi connectivity index (χ4n) is 2.83. The molecule has 3 rings (SSSR count). The van der Waals surface area contributed by atoms with Gasteiger partial charge in [-0.25, -0.2) is 27.5 Å². The smallest absolute Gasteiger partial charge is 0.241 e. The van der Waals surface area contributed by atoms with Crippen LogP contribution in [0.5, 0.6) is 0 Å². The Morgan fingerprint density at radius 3 is 2.64 bits per heavy atom. The van der Waals surface area contributed by atoms with Crippen molar-refractivity contribution in [3.05, 3.63) is 47.5 Å². The van der Waals surface area contributed by atoms with E-state index >= 15 is 0 Å². The number of aromatic nitrogens is 2. The van der Waals surface area contributed by atoms with Gasteiger partial charge in [0.05, 0.1) is 17.1 Å². The number of benzene rings is 1. The van der Waals surface area contributed by atoms with E-state index in [-0.39, 0.29) is 11.4 Å². The topological polar surface area (TPSA) is 75.2 Å². The minimum absolute atomic E-state index is 0.0308. The number of aryl methyl sites for hydroxylation is 1. The van der Waals surface area contributed by atoms with Crippen LogP contribution in [0.15, 0.2) is 35.2 Å². The molecule has 0 bridgehead atoms. The summed E-state index contributed by atoms with van der Waals surface area (Å²) in [6.07, 6.45) is 3.43. The quantitative estimate of drug-likeness (QED) is 0.882. The van der Waals surface area contributed by atoms with E-state index in [1.165, 1.54) is 24.6 Å². The van der Waals surface area contributed by atoms with Gasteiger partial charge in [0.2, 0.25) is 16.0 Å². The molecule has 0 amide bonds. The number of halogens is 1. The van der Waals surface area contributed by atoms with Crippen LogP contribution in [0.4, 0.5) is 10.3 Å². The van der Waals surface area contributed by atoms with Gasteiger partial charge in [0.1, 0.15) is 5.82 Å². The Morgan fingerprint density at radius 1 is 1.16 bits per heavy atom. The molecule has 0 atom stereocenters. The van der Waals surface area contributed by atoms with E-state index < -0.39 is 15.8 Å². The molecular weight excluding hydrogens is 343 g/mol. The van der Waals surface area contributed by atoms with Crippen LogP contribution < -0.4 is 9.62 Å². The molecular formula is C17H21FN4O2S. The Bertz CT molecular complexity index is 851. The summed E-state index contributed by atoms with van der Waals surface area (Å²) in [6, 6.07) is 6.68. The molecule has 0 unspecified atom stereocenters. The molecule has 0 spiro atoms. The summed E-state index contributed by atoms with van der Waals surface area (Å²) >= 11 is 0. The Kier molecular flexibility index (Phi) is 5.29. The third-order valence-electron chi connectivity index (χ3n) is 4.08. The normalized spacial score (nSPS) is 15.4. The first-order valence-electron chi connectivity index (χ1n) is 8.29. The minimum atomic E-state index is -3.80. The van der Waals surface area contributed by atoms with Gasteiger partial charge in [0, 0.05) is 18.8 Å². The molecule has 1 aromatic heterocycles. The first-order chi connectivity index (χ1) is 11.9. The number of nitrogens with zero attached hydrogens (tertiary/aromatic N) is 3. The fourth-order valence-corrected chi connectivity index (χ4v) is 3.86. The first-order valence-corrected chi connectivity index (χ1v) is 9.77. The summed E-state index contributed by atoms with van der Waals surface area (Å²) in [6.45, 7) is 3.72. The molecule has 8 heteroatoms. The Hall–Kier alpha value is -2.06. The van der Waals surface area contributed by atoms with Crippen LogP contribution in [0, 0.1) is 12.7 Å². The van der Waals surface area contributed by atoms with Crippen LogP contribution >= 0.6 is 0 Å². The summed E-state index contributed by atoms with van der Waals surface area (Å²) in [7, 11) is -3.80. The minimum Gasteiger partial charge on any atom is -0.341 e. The molecule has 25 heavy (non-hydrogen) atoms. The second-order valence-corrected chi connectivity index (χ2v) is 7.90. The lowest BCUT2D eigenvalue weighted by molar-refractivity contribution is 0.565. The SMILES string of the molecule is Cc1cc(CNS(=O)(=O)c2cccc(F)c2)nc(N2CCCCC2)n1. The van der Waals surface area contributed by atoms with Crippen molar-refractivity contribution in [3.63, 3.8) is 0 Å². The van der Waals surface area contributed by atoms with E-state index in [1.54, 1.807) is 6.07 Å². The summed E-state index contributed by atoms with van der Waals surface area (Å²) < 4.78 is 40.3. The van der Waals surface area contributed by atoms with E-state index in [1.807, 2.05) is 6.92 Å². The molecule has 1 fully saturated rings. The predicted octanol–water partition coefficient (Wildman–Crippen LogP) is 2.39. The van der Waals surface area contributed by atoms with Crippen LogP contribution in [0.25, 0.3) is 0 Å². The predicted molar refractivity (Wildman–Crippen MR) is 93.3 cm³/mol. The van der Waals surface area contributed by atoms with Crippen LogP contribution in [0.1, 0.15) is 30.7 Å². The molecule has 0 saturated carbocycles. The molecule has 1 aliphatic heterocycles. The Morgan fingerprint density at radius 2 is 1.92 bits per heavy atom. The number of rotatable bonds is 5. The van der Waals surface area contributed by atoms with Gasteiger partial charge in [-0.2, -0.15) is 0 Å². The summed E-state index contributed by atoms with van der Waals surface area (Å²) in [5.74, 6) is 0.0489. The van der Waals surface area contributed by atoms with Crippen molar-refractivity contribution in [2.24, 2.45) is 0 Å². The van der Waals surface area contributed by atoms with Gasteiger partial charge in [-0.3, -0.25) is 0 Å². The molecule has 6 nitrogen and oxygen atoms in total. The standard InChI is InChI=1S/C17H21FN4O2S/c1-13-10-15(21-17(20-13)22-8-3-2-4-9-22)12-19-25(23,24)16-7-5-6-14(18)11-16/h5-7,10-11,19H,2-4,8-9,12H2,1H3. The van der Waals surface area contributed by atoms with Crippen molar-refractivity contribution >= 4 is 16.0 Å². The third kappa shape index (κ3) is 4.52. The molecule has 134 valence electrons. The van der Waals surface area contributed by atoms with E-state index in [0.717, 1.165) is 37.7 Å². The second-order valence-electron chi connectivity index (χ2n) is 6.13.